The van der Waals surface area contributed by atoms with E-state index in [4.69, 9.17) is 18.9 Å². The first kappa shape index (κ1) is 23.4. The van der Waals surface area contributed by atoms with Gasteiger partial charge < -0.3 is 18.9 Å². The molecule has 7 heteroatoms. The molecule has 0 spiro atoms. The van der Waals surface area contributed by atoms with Crippen LogP contribution in [0.1, 0.15) is 30.6 Å². The number of carbonyl (C=O) groups is 1. The molecule has 0 aromatic heterocycles. The molecule has 0 aliphatic heterocycles. The molecule has 142 valence electrons. The summed E-state index contributed by atoms with van der Waals surface area (Å²) < 4.78 is 21.7. The average Bonchev–Trinajstić information content (AvgIpc) is 2.67. The van der Waals surface area contributed by atoms with Gasteiger partial charge >= 0.3 is 18.9 Å². The molecule has 0 aliphatic rings. The molecule has 0 fully saturated rings. The third-order valence-corrected chi connectivity index (χ3v) is 5.07. The average molecular weight is 384 g/mol. The Kier molecular flexibility index (Phi) is 9.73. The minimum atomic E-state index is -0.0584. The summed E-state index contributed by atoms with van der Waals surface area (Å²) >= 11 is 0. The van der Waals surface area contributed by atoms with E-state index < -0.39 is 0 Å². The molecule has 0 saturated carbocycles. The van der Waals surface area contributed by atoms with Gasteiger partial charge in [-0.15, -0.1) is 0 Å². The van der Waals surface area contributed by atoms with Gasteiger partial charge in [-0.1, -0.05) is 19.1 Å². The summed E-state index contributed by atoms with van der Waals surface area (Å²) in [5.74, 6) is 2.26. The molecule has 0 aliphatic carbocycles. The monoisotopic (exact) mass is 384 g/mol. The van der Waals surface area contributed by atoms with E-state index in [0.29, 0.717) is 22.8 Å². The van der Waals surface area contributed by atoms with Crippen molar-refractivity contribution in [1.29, 1.82) is 0 Å². The molecule has 2 aromatic rings. The van der Waals surface area contributed by atoms with E-state index in [-0.39, 0.29) is 39.1 Å². The van der Waals surface area contributed by atoms with E-state index in [1.165, 1.54) is 14.2 Å². The first-order chi connectivity index (χ1) is 12.5. The maximum absolute atomic E-state index is 12.9. The molecular formula is C20H26LiO5P. The van der Waals surface area contributed by atoms with Crippen LogP contribution in [0.4, 0.5) is 0 Å². The van der Waals surface area contributed by atoms with Gasteiger partial charge in [0.1, 0.15) is 28.6 Å². The topological polar surface area (TPSA) is 54.0 Å². The molecule has 0 radical (unpaired) electrons. The Morgan fingerprint density at radius 2 is 1.52 bits per heavy atom. The molecule has 2 rings (SSSR count). The van der Waals surface area contributed by atoms with Crippen LogP contribution >= 0.6 is 8.58 Å². The third-order valence-electron chi connectivity index (χ3n) is 3.97. The fraction of sp³-hybridized carbons (Fsp3) is 0.350. The number of hydrogen-bond acceptors (Lipinski definition) is 5. The number of ether oxygens (including phenoxy) is 4. The van der Waals surface area contributed by atoms with Crippen LogP contribution in [-0.2, 0) is 0 Å². The first-order valence-electron chi connectivity index (χ1n) is 8.40. The summed E-state index contributed by atoms with van der Waals surface area (Å²) in [4.78, 5) is 12.9. The van der Waals surface area contributed by atoms with Crippen molar-refractivity contribution in [3.63, 3.8) is 0 Å². The summed E-state index contributed by atoms with van der Waals surface area (Å²) in [6, 6.07) is 11.0. The number of carbonyl (C=O) groups excluding carboxylic acids is 1. The fourth-order valence-electron chi connectivity index (χ4n) is 2.36. The van der Waals surface area contributed by atoms with Crippen molar-refractivity contribution in [2.45, 2.75) is 26.4 Å². The zero-order valence-corrected chi connectivity index (χ0v) is 16.8. The molecule has 0 N–H and O–H groups in total. The predicted molar refractivity (Wildman–Crippen MR) is 112 cm³/mol. The van der Waals surface area contributed by atoms with Gasteiger partial charge in [0.2, 0.25) is 0 Å². The van der Waals surface area contributed by atoms with Crippen molar-refractivity contribution in [2.75, 3.05) is 21.3 Å². The van der Waals surface area contributed by atoms with E-state index in [1.807, 2.05) is 31.2 Å². The Morgan fingerprint density at radius 1 is 0.963 bits per heavy atom. The number of benzene rings is 2. The zero-order valence-electron chi connectivity index (χ0n) is 15.8. The van der Waals surface area contributed by atoms with Crippen LogP contribution in [0, 0.1) is 0 Å². The number of methoxy groups -OCH3 is 3. The molecule has 0 saturated heterocycles. The Hall–Kier alpha value is -1.66. The van der Waals surface area contributed by atoms with Crippen LogP contribution < -0.4 is 24.3 Å². The molecule has 5 nitrogen and oxygen atoms in total. The van der Waals surface area contributed by atoms with E-state index in [2.05, 4.69) is 6.92 Å². The maximum atomic E-state index is 12.9. The summed E-state index contributed by atoms with van der Waals surface area (Å²) in [7, 11) is 4.55. The second-order valence-corrected chi connectivity index (χ2v) is 7.00. The molecule has 2 unspecified atom stereocenters. The molecule has 27 heavy (non-hydrogen) atoms. The van der Waals surface area contributed by atoms with Gasteiger partial charge in [-0.05, 0) is 39.4 Å². The summed E-state index contributed by atoms with van der Waals surface area (Å²) in [5.41, 5.74) is 0.367. The van der Waals surface area contributed by atoms with Gasteiger partial charge in [0, 0.05) is 12.1 Å². The number of rotatable bonds is 9. The van der Waals surface area contributed by atoms with Crippen LogP contribution in [0.3, 0.4) is 0 Å². The normalized spacial score (nSPS) is 11.6. The van der Waals surface area contributed by atoms with Crippen LogP contribution in [0.2, 0.25) is 0 Å². The molecule has 0 amide bonds. The van der Waals surface area contributed by atoms with Gasteiger partial charge in [0.15, 0.2) is 5.52 Å². The standard InChI is InChI=1S/C20H25O5P.Li.H/c1-6-13(2)25-14-7-9-16(10-8-14)26-20(21)19-17(23-4)11-15(22-3)12-18(19)24-5;;/h7-13,26H,6H2,1-5H3;;. The van der Waals surface area contributed by atoms with Crippen molar-refractivity contribution in [1.82, 2.24) is 0 Å². The van der Waals surface area contributed by atoms with Crippen LogP contribution in [0.25, 0.3) is 0 Å². The first-order valence-corrected chi connectivity index (χ1v) is 9.40. The van der Waals surface area contributed by atoms with E-state index in [1.54, 1.807) is 19.2 Å². The van der Waals surface area contributed by atoms with Crippen LogP contribution in [0.15, 0.2) is 36.4 Å². The Bertz CT molecular complexity index is 724. The van der Waals surface area contributed by atoms with Crippen molar-refractivity contribution in [3.05, 3.63) is 42.0 Å². The zero-order chi connectivity index (χ0) is 19.1. The molecule has 0 heterocycles. The van der Waals surface area contributed by atoms with Gasteiger partial charge in [-0.2, -0.15) is 0 Å². The molecular weight excluding hydrogens is 358 g/mol. The summed E-state index contributed by atoms with van der Waals surface area (Å²) in [6.45, 7) is 4.11. The quantitative estimate of drug-likeness (QED) is 0.490. The summed E-state index contributed by atoms with van der Waals surface area (Å²) in [5, 5.41) is 0.923. The van der Waals surface area contributed by atoms with Gasteiger partial charge in [0.25, 0.3) is 0 Å². The van der Waals surface area contributed by atoms with Crippen molar-refractivity contribution >= 4 is 38.3 Å². The van der Waals surface area contributed by atoms with Crippen LogP contribution in [0.5, 0.6) is 23.0 Å². The van der Waals surface area contributed by atoms with E-state index in [9.17, 15) is 4.79 Å². The Morgan fingerprint density at radius 3 is 1.96 bits per heavy atom. The van der Waals surface area contributed by atoms with Gasteiger partial charge in [-0.25, -0.2) is 0 Å². The molecule has 0 bridgehead atoms. The van der Waals surface area contributed by atoms with E-state index >= 15 is 0 Å². The summed E-state index contributed by atoms with van der Waals surface area (Å²) in [6.07, 6.45) is 1.11. The van der Waals surface area contributed by atoms with Gasteiger partial charge in [0.05, 0.1) is 27.4 Å². The predicted octanol–water partition coefficient (Wildman–Crippen LogP) is 3.39. The second kappa shape index (κ2) is 11.2. The molecule has 2 atom stereocenters. The van der Waals surface area contributed by atoms with Crippen molar-refractivity contribution in [3.8, 4) is 23.0 Å². The molecule has 2 aromatic carbocycles. The van der Waals surface area contributed by atoms with E-state index in [0.717, 1.165) is 17.5 Å². The van der Waals surface area contributed by atoms with Crippen molar-refractivity contribution in [2.24, 2.45) is 0 Å². The van der Waals surface area contributed by atoms with Crippen LogP contribution in [-0.4, -0.2) is 51.8 Å². The Balaban J connectivity index is 0.00000364. The van der Waals surface area contributed by atoms with Crippen molar-refractivity contribution < 1.29 is 23.7 Å². The number of hydrogen-bond donors (Lipinski definition) is 0. The van der Waals surface area contributed by atoms with Gasteiger partial charge in [-0.3, -0.25) is 4.79 Å². The third kappa shape index (κ3) is 6.18. The minimum absolute atomic E-state index is 0. The fourth-order valence-corrected chi connectivity index (χ4v) is 3.32. The SMILES string of the molecule is CCC(C)Oc1ccc(PC(=O)c2c(OC)cc(OC)cc2OC)cc1.[LiH]. The Labute approximate surface area is 174 Å². The second-order valence-electron chi connectivity index (χ2n) is 5.72.